The van der Waals surface area contributed by atoms with Crippen LogP contribution in [0, 0.1) is 5.92 Å². The third-order valence-corrected chi connectivity index (χ3v) is 4.88. The molecule has 2 aromatic rings. The summed E-state index contributed by atoms with van der Waals surface area (Å²) in [7, 11) is 0. The highest BCUT2D eigenvalue weighted by Gasteiger charge is 2.27. The molecule has 0 aliphatic carbocycles. The van der Waals surface area contributed by atoms with E-state index in [1.54, 1.807) is 30.6 Å². The van der Waals surface area contributed by atoms with Crippen LogP contribution in [0.25, 0.3) is 0 Å². The predicted octanol–water partition coefficient (Wildman–Crippen LogP) is 4.05. The number of carbonyl (C=O) groups is 1. The van der Waals surface area contributed by atoms with Crippen LogP contribution in [0.15, 0.2) is 42.7 Å². The molecule has 1 fully saturated rings. The molecule has 1 unspecified atom stereocenters. The summed E-state index contributed by atoms with van der Waals surface area (Å²) in [5, 5.41) is 3.97. The zero-order valence-electron chi connectivity index (χ0n) is 14.2. The van der Waals surface area contributed by atoms with Crippen LogP contribution in [0.4, 0.5) is 0 Å². The minimum absolute atomic E-state index is 0.121. The van der Waals surface area contributed by atoms with Crippen LogP contribution in [0.1, 0.15) is 24.4 Å². The fourth-order valence-corrected chi connectivity index (χ4v) is 3.50. The second-order valence-corrected chi connectivity index (χ2v) is 6.99. The van der Waals surface area contributed by atoms with Crippen LogP contribution in [0.3, 0.4) is 0 Å². The van der Waals surface area contributed by atoms with Gasteiger partial charge in [0.15, 0.2) is 6.61 Å². The Morgan fingerprint density at radius 1 is 1.31 bits per heavy atom. The average Bonchev–Trinajstić information content (AvgIpc) is 2.67. The van der Waals surface area contributed by atoms with Gasteiger partial charge in [0.2, 0.25) is 0 Å². The maximum atomic E-state index is 12.5. The number of rotatable bonds is 6. The molecule has 0 saturated carbocycles. The van der Waals surface area contributed by atoms with Gasteiger partial charge < -0.3 is 14.8 Å². The molecule has 1 N–H and O–H groups in total. The SMILES string of the molecule is O=C(COc1ccc(Cl)cc1Cl)NC(c1cccnc1)C1CCOCC1. The minimum Gasteiger partial charge on any atom is -0.482 e. The van der Waals surface area contributed by atoms with Crippen LogP contribution in [0.5, 0.6) is 5.75 Å². The van der Waals surface area contributed by atoms with Crippen molar-refractivity contribution in [3.8, 4) is 5.75 Å². The van der Waals surface area contributed by atoms with Gasteiger partial charge in [-0.15, -0.1) is 0 Å². The molecular weight excluding hydrogens is 375 g/mol. The fraction of sp³-hybridized carbons (Fsp3) is 0.368. The van der Waals surface area contributed by atoms with Crippen molar-refractivity contribution in [1.82, 2.24) is 10.3 Å². The van der Waals surface area contributed by atoms with Gasteiger partial charge in [-0.05, 0) is 48.6 Å². The first-order valence-electron chi connectivity index (χ1n) is 8.48. The van der Waals surface area contributed by atoms with E-state index >= 15 is 0 Å². The molecule has 1 aliphatic heterocycles. The van der Waals surface area contributed by atoms with E-state index in [9.17, 15) is 4.79 Å². The van der Waals surface area contributed by atoms with Crippen LogP contribution in [-0.4, -0.2) is 30.7 Å². The van der Waals surface area contributed by atoms with Gasteiger partial charge >= 0.3 is 0 Å². The number of pyridine rings is 1. The molecule has 0 spiro atoms. The zero-order chi connectivity index (χ0) is 18.4. The highest BCUT2D eigenvalue weighted by Crippen LogP contribution is 2.30. The Bertz CT molecular complexity index is 737. The van der Waals surface area contributed by atoms with Crippen molar-refractivity contribution in [3.05, 3.63) is 58.3 Å². The Hall–Kier alpha value is -1.82. The molecular formula is C19H20Cl2N2O3. The molecule has 5 nitrogen and oxygen atoms in total. The Morgan fingerprint density at radius 3 is 2.81 bits per heavy atom. The van der Waals surface area contributed by atoms with E-state index in [0.717, 1.165) is 18.4 Å². The molecule has 1 aliphatic rings. The van der Waals surface area contributed by atoms with Crippen molar-refractivity contribution >= 4 is 29.1 Å². The second-order valence-electron chi connectivity index (χ2n) is 6.14. The molecule has 1 atom stereocenters. The lowest BCUT2D eigenvalue weighted by atomic mass is 9.87. The third-order valence-electron chi connectivity index (χ3n) is 4.35. The van der Waals surface area contributed by atoms with Crippen molar-refractivity contribution in [3.63, 3.8) is 0 Å². The summed E-state index contributed by atoms with van der Waals surface area (Å²) in [6.45, 7) is 1.28. The van der Waals surface area contributed by atoms with Crippen molar-refractivity contribution in [2.75, 3.05) is 19.8 Å². The van der Waals surface area contributed by atoms with Gasteiger partial charge in [0.05, 0.1) is 11.1 Å². The van der Waals surface area contributed by atoms with Crippen molar-refractivity contribution in [2.24, 2.45) is 5.92 Å². The van der Waals surface area contributed by atoms with Gasteiger partial charge in [0.25, 0.3) is 5.91 Å². The van der Waals surface area contributed by atoms with Crippen molar-refractivity contribution in [1.29, 1.82) is 0 Å². The van der Waals surface area contributed by atoms with E-state index in [0.29, 0.717) is 34.9 Å². The van der Waals surface area contributed by atoms with Gasteiger partial charge in [-0.2, -0.15) is 0 Å². The van der Waals surface area contributed by atoms with E-state index < -0.39 is 0 Å². The van der Waals surface area contributed by atoms with E-state index in [2.05, 4.69) is 10.3 Å². The molecule has 1 aromatic heterocycles. The maximum Gasteiger partial charge on any atom is 0.258 e. The Balaban J connectivity index is 1.65. The lowest BCUT2D eigenvalue weighted by molar-refractivity contribution is -0.124. The first kappa shape index (κ1) is 19.0. The number of amides is 1. The van der Waals surface area contributed by atoms with Gasteiger partial charge in [-0.1, -0.05) is 29.3 Å². The summed E-state index contributed by atoms with van der Waals surface area (Å²) in [5.74, 6) is 0.516. The predicted molar refractivity (Wildman–Crippen MR) is 101 cm³/mol. The summed E-state index contributed by atoms with van der Waals surface area (Å²) in [4.78, 5) is 16.6. The molecule has 1 aromatic carbocycles. The summed E-state index contributed by atoms with van der Waals surface area (Å²) >= 11 is 11.9. The monoisotopic (exact) mass is 394 g/mol. The first-order valence-corrected chi connectivity index (χ1v) is 9.24. The number of halogens is 2. The molecule has 138 valence electrons. The molecule has 3 rings (SSSR count). The Labute approximate surface area is 162 Å². The summed E-state index contributed by atoms with van der Waals surface area (Å²) in [5.41, 5.74) is 0.984. The number of benzene rings is 1. The molecule has 1 amide bonds. The number of hydrogen-bond donors (Lipinski definition) is 1. The highest BCUT2D eigenvalue weighted by molar-refractivity contribution is 6.35. The van der Waals surface area contributed by atoms with Crippen LogP contribution in [-0.2, 0) is 9.53 Å². The number of hydrogen-bond acceptors (Lipinski definition) is 4. The third kappa shape index (κ3) is 5.10. The summed E-state index contributed by atoms with van der Waals surface area (Å²) in [6, 6.07) is 8.62. The topological polar surface area (TPSA) is 60.5 Å². The smallest absolute Gasteiger partial charge is 0.258 e. The van der Waals surface area contributed by atoms with E-state index in [-0.39, 0.29) is 18.6 Å². The van der Waals surface area contributed by atoms with Crippen LogP contribution < -0.4 is 10.1 Å². The van der Waals surface area contributed by atoms with E-state index in [1.165, 1.54) is 0 Å². The van der Waals surface area contributed by atoms with Crippen LogP contribution >= 0.6 is 23.2 Å². The molecule has 7 heteroatoms. The van der Waals surface area contributed by atoms with Crippen molar-refractivity contribution < 1.29 is 14.3 Å². The van der Waals surface area contributed by atoms with E-state index in [1.807, 2.05) is 12.1 Å². The Kier molecular flexibility index (Phi) is 6.72. The number of ether oxygens (including phenoxy) is 2. The standard InChI is InChI=1S/C19H20Cl2N2O3/c20-15-3-4-17(16(21)10-15)26-12-18(24)23-19(13-5-8-25-9-6-13)14-2-1-7-22-11-14/h1-4,7,10-11,13,19H,5-6,8-9,12H2,(H,23,24). The number of aromatic nitrogens is 1. The summed E-state index contributed by atoms with van der Waals surface area (Å²) < 4.78 is 11.0. The summed E-state index contributed by atoms with van der Waals surface area (Å²) in [6.07, 6.45) is 5.29. The normalized spacial score (nSPS) is 16.1. The largest absolute Gasteiger partial charge is 0.482 e. The Morgan fingerprint density at radius 2 is 2.12 bits per heavy atom. The second kappa shape index (κ2) is 9.21. The highest BCUT2D eigenvalue weighted by atomic mass is 35.5. The van der Waals surface area contributed by atoms with Gasteiger partial charge in [-0.3, -0.25) is 9.78 Å². The van der Waals surface area contributed by atoms with Gasteiger partial charge in [0.1, 0.15) is 5.75 Å². The van der Waals surface area contributed by atoms with Crippen molar-refractivity contribution in [2.45, 2.75) is 18.9 Å². The lowest BCUT2D eigenvalue weighted by Gasteiger charge is -2.31. The fourth-order valence-electron chi connectivity index (χ4n) is 3.03. The van der Waals surface area contributed by atoms with Gasteiger partial charge in [0, 0.05) is 30.6 Å². The molecule has 26 heavy (non-hydrogen) atoms. The van der Waals surface area contributed by atoms with E-state index in [4.69, 9.17) is 32.7 Å². The number of carbonyl (C=O) groups excluding carboxylic acids is 1. The van der Waals surface area contributed by atoms with Crippen LogP contribution in [0.2, 0.25) is 10.0 Å². The average molecular weight is 395 g/mol. The van der Waals surface area contributed by atoms with Gasteiger partial charge in [-0.25, -0.2) is 0 Å². The molecule has 2 heterocycles. The molecule has 1 saturated heterocycles. The first-order chi connectivity index (χ1) is 12.6. The molecule has 0 radical (unpaired) electrons. The number of nitrogens with one attached hydrogen (secondary N) is 1. The zero-order valence-corrected chi connectivity index (χ0v) is 15.7. The molecule has 0 bridgehead atoms. The lowest BCUT2D eigenvalue weighted by Crippen LogP contribution is -2.38. The quantitative estimate of drug-likeness (QED) is 0.802. The minimum atomic E-state index is -0.212. The number of nitrogens with zero attached hydrogens (tertiary/aromatic N) is 1. The maximum absolute atomic E-state index is 12.5.